The fraction of sp³-hybridized carbons (Fsp3) is 0.167. The molecule has 18 heavy (non-hydrogen) atoms. The van der Waals surface area contributed by atoms with Crippen LogP contribution in [-0.4, -0.2) is 34.7 Å². The van der Waals surface area contributed by atoms with Gasteiger partial charge < -0.3 is 4.74 Å². The molecule has 0 N–H and O–H groups in total. The molecule has 1 fully saturated rings. The highest BCUT2D eigenvalue weighted by Crippen LogP contribution is 2.27. The van der Waals surface area contributed by atoms with Crippen molar-refractivity contribution < 1.29 is 23.9 Å². The molecule has 2 amide bonds. The SMILES string of the molecule is O=C1C[C@@H](N2C(=O)c3ccccc3C2=O)C(=O)O1. The van der Waals surface area contributed by atoms with Crippen molar-refractivity contribution in [3.8, 4) is 0 Å². The average Bonchev–Trinajstić information content (AvgIpc) is 2.79. The van der Waals surface area contributed by atoms with Crippen LogP contribution >= 0.6 is 0 Å². The molecule has 90 valence electrons. The zero-order valence-corrected chi connectivity index (χ0v) is 9.08. The van der Waals surface area contributed by atoms with Gasteiger partial charge in [-0.25, -0.2) is 4.79 Å². The molecule has 0 unspecified atom stereocenters. The Morgan fingerprint density at radius 1 is 1.00 bits per heavy atom. The van der Waals surface area contributed by atoms with Crippen molar-refractivity contribution in [1.82, 2.24) is 4.90 Å². The maximum atomic E-state index is 12.0. The Morgan fingerprint density at radius 2 is 1.56 bits per heavy atom. The van der Waals surface area contributed by atoms with Crippen LogP contribution in [0.25, 0.3) is 0 Å². The lowest BCUT2D eigenvalue weighted by molar-refractivity contribution is -0.153. The molecular formula is C12H7NO5. The highest BCUT2D eigenvalue weighted by molar-refractivity contribution is 6.23. The first kappa shape index (κ1) is 10.6. The summed E-state index contributed by atoms with van der Waals surface area (Å²) in [6.45, 7) is 0. The van der Waals surface area contributed by atoms with Gasteiger partial charge in [-0.1, -0.05) is 12.1 Å². The highest BCUT2D eigenvalue weighted by atomic mass is 16.6. The summed E-state index contributed by atoms with van der Waals surface area (Å²) in [6, 6.07) is 5.15. The van der Waals surface area contributed by atoms with E-state index < -0.39 is 29.8 Å². The summed E-state index contributed by atoms with van der Waals surface area (Å²) in [6.07, 6.45) is -0.274. The first-order valence-corrected chi connectivity index (χ1v) is 5.31. The van der Waals surface area contributed by atoms with E-state index in [9.17, 15) is 19.2 Å². The molecule has 0 bridgehead atoms. The molecule has 0 aliphatic carbocycles. The number of fused-ring (bicyclic) bond motifs is 1. The van der Waals surface area contributed by atoms with Crippen LogP contribution in [0.5, 0.6) is 0 Å². The lowest BCUT2D eigenvalue weighted by Gasteiger charge is -2.17. The number of benzene rings is 1. The number of carbonyl (C=O) groups excluding carboxylic acids is 4. The summed E-state index contributed by atoms with van der Waals surface area (Å²) in [5.74, 6) is -2.70. The molecule has 1 aromatic carbocycles. The van der Waals surface area contributed by atoms with Gasteiger partial charge in [-0.2, -0.15) is 0 Å². The number of nitrogens with zero attached hydrogens (tertiary/aromatic N) is 1. The average molecular weight is 245 g/mol. The monoisotopic (exact) mass is 245 g/mol. The summed E-state index contributed by atoms with van der Waals surface area (Å²) >= 11 is 0. The van der Waals surface area contributed by atoms with Gasteiger partial charge in [0.25, 0.3) is 11.8 Å². The number of hydrogen-bond acceptors (Lipinski definition) is 5. The smallest absolute Gasteiger partial charge is 0.337 e. The van der Waals surface area contributed by atoms with Crippen LogP contribution < -0.4 is 0 Å². The van der Waals surface area contributed by atoms with Gasteiger partial charge in [-0.15, -0.1) is 0 Å². The molecule has 2 aliphatic heterocycles. The number of imide groups is 1. The predicted molar refractivity (Wildman–Crippen MR) is 56.4 cm³/mol. The van der Waals surface area contributed by atoms with Gasteiger partial charge in [0.05, 0.1) is 17.5 Å². The fourth-order valence-corrected chi connectivity index (χ4v) is 2.15. The third kappa shape index (κ3) is 1.29. The molecule has 1 saturated heterocycles. The topological polar surface area (TPSA) is 80.8 Å². The second-order valence-corrected chi connectivity index (χ2v) is 4.04. The van der Waals surface area contributed by atoms with Crippen LogP contribution in [0, 0.1) is 0 Å². The maximum Gasteiger partial charge on any atom is 0.337 e. The van der Waals surface area contributed by atoms with Crippen LogP contribution in [0.1, 0.15) is 27.1 Å². The van der Waals surface area contributed by atoms with E-state index in [4.69, 9.17) is 0 Å². The minimum Gasteiger partial charge on any atom is -0.392 e. The van der Waals surface area contributed by atoms with E-state index in [0.717, 1.165) is 4.90 Å². The van der Waals surface area contributed by atoms with E-state index in [1.807, 2.05) is 0 Å². The van der Waals surface area contributed by atoms with E-state index in [1.165, 1.54) is 12.1 Å². The third-order valence-corrected chi connectivity index (χ3v) is 2.98. The van der Waals surface area contributed by atoms with Gasteiger partial charge in [0.15, 0.2) is 0 Å². The van der Waals surface area contributed by atoms with Crippen molar-refractivity contribution >= 4 is 23.8 Å². The number of carbonyl (C=O) groups is 4. The van der Waals surface area contributed by atoms with Gasteiger partial charge in [0, 0.05) is 0 Å². The van der Waals surface area contributed by atoms with Gasteiger partial charge >= 0.3 is 11.9 Å². The summed E-state index contributed by atoms with van der Waals surface area (Å²) in [7, 11) is 0. The summed E-state index contributed by atoms with van der Waals surface area (Å²) in [5, 5.41) is 0. The quantitative estimate of drug-likeness (QED) is 0.399. The second kappa shape index (κ2) is 3.49. The van der Waals surface area contributed by atoms with Crippen molar-refractivity contribution in [3.05, 3.63) is 35.4 Å². The molecule has 0 aromatic heterocycles. The number of cyclic esters (lactones) is 2. The molecule has 3 rings (SSSR count). The fourth-order valence-electron chi connectivity index (χ4n) is 2.15. The highest BCUT2D eigenvalue weighted by Gasteiger charge is 2.47. The van der Waals surface area contributed by atoms with Gasteiger partial charge in [0.1, 0.15) is 6.04 Å². The Kier molecular flexibility index (Phi) is 2.07. The number of ether oxygens (including phenoxy) is 1. The van der Waals surface area contributed by atoms with E-state index in [2.05, 4.69) is 4.74 Å². The molecule has 0 radical (unpaired) electrons. The molecule has 0 saturated carbocycles. The summed E-state index contributed by atoms with van der Waals surface area (Å²) < 4.78 is 4.36. The van der Waals surface area contributed by atoms with Gasteiger partial charge in [0.2, 0.25) is 0 Å². The summed E-state index contributed by atoms with van der Waals surface area (Å²) in [4.78, 5) is 47.3. The van der Waals surface area contributed by atoms with Crippen molar-refractivity contribution in [1.29, 1.82) is 0 Å². The van der Waals surface area contributed by atoms with Crippen LogP contribution in [0.4, 0.5) is 0 Å². The van der Waals surface area contributed by atoms with Crippen LogP contribution in [-0.2, 0) is 14.3 Å². The molecule has 0 spiro atoms. The molecule has 2 aliphatic rings. The minimum absolute atomic E-state index is 0.245. The van der Waals surface area contributed by atoms with Crippen LogP contribution in [0.15, 0.2) is 24.3 Å². The molecule has 6 nitrogen and oxygen atoms in total. The maximum absolute atomic E-state index is 12.0. The van der Waals surface area contributed by atoms with Crippen molar-refractivity contribution in [2.24, 2.45) is 0 Å². The number of esters is 2. The Labute approximate surface area is 101 Å². The first-order valence-electron chi connectivity index (χ1n) is 5.31. The molecule has 1 atom stereocenters. The predicted octanol–water partition coefficient (Wildman–Crippen LogP) is 0.125. The van der Waals surface area contributed by atoms with Crippen LogP contribution in [0.2, 0.25) is 0 Å². The normalized spacial score (nSPS) is 22.4. The number of amides is 2. The van der Waals surface area contributed by atoms with Crippen LogP contribution in [0.3, 0.4) is 0 Å². The Bertz CT molecular complexity index is 571. The lowest BCUT2D eigenvalue weighted by atomic mass is 10.1. The molecule has 2 heterocycles. The van der Waals surface area contributed by atoms with Crippen molar-refractivity contribution in [2.75, 3.05) is 0 Å². The third-order valence-electron chi connectivity index (χ3n) is 2.98. The van der Waals surface area contributed by atoms with Crippen molar-refractivity contribution in [3.63, 3.8) is 0 Å². The Hall–Kier alpha value is -2.50. The number of hydrogen-bond donors (Lipinski definition) is 0. The van der Waals surface area contributed by atoms with E-state index >= 15 is 0 Å². The largest absolute Gasteiger partial charge is 0.392 e. The van der Waals surface area contributed by atoms with E-state index in [1.54, 1.807) is 12.1 Å². The molecular weight excluding hydrogens is 238 g/mol. The van der Waals surface area contributed by atoms with E-state index in [-0.39, 0.29) is 17.5 Å². The Morgan fingerprint density at radius 3 is 2.00 bits per heavy atom. The van der Waals surface area contributed by atoms with E-state index in [0.29, 0.717) is 0 Å². The first-order chi connectivity index (χ1) is 8.59. The number of rotatable bonds is 1. The molecule has 6 heteroatoms. The minimum atomic E-state index is -1.13. The van der Waals surface area contributed by atoms with Gasteiger partial charge in [-0.05, 0) is 12.1 Å². The molecule has 1 aromatic rings. The standard InChI is InChI=1S/C12H7NO5/c14-9-5-8(12(17)18-9)13-10(15)6-3-1-2-4-7(6)11(13)16/h1-4,8H,5H2/t8-/m1/s1. The zero-order chi connectivity index (χ0) is 12.9. The second-order valence-electron chi connectivity index (χ2n) is 4.04. The lowest BCUT2D eigenvalue weighted by Crippen LogP contribution is -2.42. The van der Waals surface area contributed by atoms with Gasteiger partial charge in [-0.3, -0.25) is 19.3 Å². The zero-order valence-electron chi connectivity index (χ0n) is 9.08. The summed E-state index contributed by atoms with van der Waals surface area (Å²) in [5.41, 5.74) is 0.490. The van der Waals surface area contributed by atoms with Crippen molar-refractivity contribution in [2.45, 2.75) is 12.5 Å². The Balaban J connectivity index is 2.02.